The molecule has 0 atom stereocenters. The van der Waals surface area contributed by atoms with Gasteiger partial charge >= 0.3 is 0 Å². The summed E-state index contributed by atoms with van der Waals surface area (Å²) in [7, 11) is 1.81. The number of aliphatic imine (C=N–C) groups is 1. The van der Waals surface area contributed by atoms with Gasteiger partial charge in [0.25, 0.3) is 0 Å². The van der Waals surface area contributed by atoms with Crippen LogP contribution in [0.1, 0.15) is 23.6 Å². The Bertz CT molecular complexity index is 422. The van der Waals surface area contributed by atoms with E-state index in [1.807, 2.05) is 26.2 Å². The van der Waals surface area contributed by atoms with Crippen molar-refractivity contribution in [3.8, 4) is 0 Å². The average molecular weight is 248 g/mol. The van der Waals surface area contributed by atoms with Gasteiger partial charge in [0.2, 0.25) is 0 Å². The summed E-state index contributed by atoms with van der Waals surface area (Å²) in [4.78, 5) is 4.21. The SMILES string of the molecule is C/C=C\NC(=NC)SCc1cc(C)ccc1C. The van der Waals surface area contributed by atoms with E-state index in [9.17, 15) is 0 Å². The molecular weight excluding hydrogens is 228 g/mol. The minimum atomic E-state index is 0.948. The third-order valence-corrected chi connectivity index (χ3v) is 3.47. The Hall–Kier alpha value is -1.22. The van der Waals surface area contributed by atoms with Gasteiger partial charge in [0.15, 0.2) is 5.17 Å². The number of amidine groups is 1. The number of rotatable bonds is 3. The van der Waals surface area contributed by atoms with Crippen molar-refractivity contribution in [1.29, 1.82) is 0 Å². The standard InChI is InChI=1S/C14H20N2S/c1-5-8-16-14(15-4)17-10-13-9-11(2)6-7-12(13)3/h5-9H,10H2,1-4H3,(H,15,16)/b8-5-. The van der Waals surface area contributed by atoms with E-state index < -0.39 is 0 Å². The predicted octanol–water partition coefficient (Wildman–Crippen LogP) is 3.65. The molecule has 0 saturated carbocycles. The maximum absolute atomic E-state index is 4.21. The number of allylic oxidation sites excluding steroid dienone is 1. The maximum Gasteiger partial charge on any atom is 0.160 e. The monoisotopic (exact) mass is 248 g/mol. The molecule has 17 heavy (non-hydrogen) atoms. The summed E-state index contributed by atoms with van der Waals surface area (Å²) in [6.45, 7) is 6.26. The Morgan fingerprint density at radius 2 is 2.18 bits per heavy atom. The van der Waals surface area contributed by atoms with E-state index in [0.29, 0.717) is 0 Å². The minimum Gasteiger partial charge on any atom is -0.342 e. The highest BCUT2D eigenvalue weighted by Gasteiger charge is 2.02. The van der Waals surface area contributed by atoms with Crippen LogP contribution in [-0.4, -0.2) is 12.2 Å². The van der Waals surface area contributed by atoms with Crippen molar-refractivity contribution in [1.82, 2.24) is 5.32 Å². The van der Waals surface area contributed by atoms with Gasteiger partial charge in [-0.1, -0.05) is 41.6 Å². The topological polar surface area (TPSA) is 24.4 Å². The highest BCUT2D eigenvalue weighted by Crippen LogP contribution is 2.18. The molecule has 0 fully saturated rings. The molecule has 3 heteroatoms. The molecule has 2 nitrogen and oxygen atoms in total. The molecule has 92 valence electrons. The summed E-state index contributed by atoms with van der Waals surface area (Å²) in [6.07, 6.45) is 3.86. The van der Waals surface area contributed by atoms with Crippen molar-refractivity contribution in [2.75, 3.05) is 7.05 Å². The molecule has 1 aromatic rings. The van der Waals surface area contributed by atoms with Crippen LogP contribution in [0.4, 0.5) is 0 Å². The van der Waals surface area contributed by atoms with Gasteiger partial charge in [-0.05, 0) is 38.1 Å². The van der Waals surface area contributed by atoms with Gasteiger partial charge in [0.1, 0.15) is 0 Å². The van der Waals surface area contributed by atoms with Gasteiger partial charge in [0, 0.05) is 12.8 Å². The van der Waals surface area contributed by atoms with Gasteiger partial charge in [-0.2, -0.15) is 0 Å². The number of nitrogens with one attached hydrogen (secondary N) is 1. The van der Waals surface area contributed by atoms with Gasteiger partial charge in [-0.25, -0.2) is 0 Å². The molecular formula is C14H20N2S. The van der Waals surface area contributed by atoms with Crippen LogP contribution in [-0.2, 0) is 5.75 Å². The van der Waals surface area contributed by atoms with Crippen LogP contribution in [0.25, 0.3) is 0 Å². The molecule has 0 saturated heterocycles. The third kappa shape index (κ3) is 4.65. The summed E-state index contributed by atoms with van der Waals surface area (Å²) >= 11 is 1.73. The van der Waals surface area contributed by atoms with E-state index in [0.717, 1.165) is 10.9 Å². The molecule has 0 bridgehead atoms. The van der Waals surface area contributed by atoms with Gasteiger partial charge in [-0.15, -0.1) is 0 Å². The number of hydrogen-bond donors (Lipinski definition) is 1. The Morgan fingerprint density at radius 3 is 2.82 bits per heavy atom. The van der Waals surface area contributed by atoms with E-state index in [1.165, 1.54) is 16.7 Å². The molecule has 0 aliphatic rings. The van der Waals surface area contributed by atoms with Crippen LogP contribution >= 0.6 is 11.8 Å². The molecule has 0 aliphatic heterocycles. The summed E-state index contributed by atoms with van der Waals surface area (Å²) in [6, 6.07) is 6.56. The third-order valence-electron chi connectivity index (χ3n) is 2.45. The van der Waals surface area contributed by atoms with Crippen LogP contribution in [0.15, 0.2) is 35.5 Å². The number of nitrogens with zero attached hydrogens (tertiary/aromatic N) is 1. The highest BCUT2D eigenvalue weighted by atomic mass is 32.2. The largest absolute Gasteiger partial charge is 0.342 e. The first-order valence-corrected chi connectivity index (χ1v) is 6.69. The van der Waals surface area contributed by atoms with E-state index in [2.05, 4.69) is 42.4 Å². The zero-order valence-electron chi connectivity index (χ0n) is 10.9. The average Bonchev–Trinajstić information content (AvgIpc) is 2.33. The zero-order chi connectivity index (χ0) is 12.7. The lowest BCUT2D eigenvalue weighted by Gasteiger charge is -2.08. The van der Waals surface area contributed by atoms with E-state index in [4.69, 9.17) is 0 Å². The molecule has 0 amide bonds. The molecule has 0 heterocycles. The quantitative estimate of drug-likeness (QED) is 0.652. The van der Waals surface area contributed by atoms with Crippen LogP contribution in [0.2, 0.25) is 0 Å². The highest BCUT2D eigenvalue weighted by molar-refractivity contribution is 8.13. The lowest BCUT2D eigenvalue weighted by molar-refractivity contribution is 1.25. The smallest absolute Gasteiger partial charge is 0.160 e. The van der Waals surface area contributed by atoms with Gasteiger partial charge in [-0.3, -0.25) is 4.99 Å². The van der Waals surface area contributed by atoms with Crippen LogP contribution in [0.5, 0.6) is 0 Å². The second kappa shape index (κ2) is 7.17. The molecule has 0 radical (unpaired) electrons. The van der Waals surface area contributed by atoms with E-state index in [-0.39, 0.29) is 0 Å². The summed E-state index contributed by atoms with van der Waals surface area (Å²) < 4.78 is 0. The lowest BCUT2D eigenvalue weighted by atomic mass is 10.1. The Labute approximate surface area is 108 Å². The number of hydrogen-bond acceptors (Lipinski definition) is 2. The number of benzene rings is 1. The predicted molar refractivity (Wildman–Crippen MR) is 78.5 cm³/mol. The number of thioether (sulfide) groups is 1. The normalized spacial score (nSPS) is 12.1. The van der Waals surface area contributed by atoms with Crippen molar-refractivity contribution in [2.24, 2.45) is 4.99 Å². The summed E-state index contributed by atoms with van der Waals surface area (Å²) in [5.74, 6) is 0.949. The first-order chi connectivity index (χ1) is 8.17. The fraction of sp³-hybridized carbons (Fsp3) is 0.357. The molecule has 1 aromatic carbocycles. The molecule has 0 aromatic heterocycles. The van der Waals surface area contributed by atoms with Crippen LogP contribution in [0.3, 0.4) is 0 Å². The fourth-order valence-corrected chi connectivity index (χ4v) is 2.31. The van der Waals surface area contributed by atoms with Gasteiger partial charge in [0.05, 0.1) is 0 Å². The summed E-state index contributed by atoms with van der Waals surface area (Å²) in [5.41, 5.74) is 4.02. The second-order valence-corrected chi connectivity index (χ2v) is 4.86. The van der Waals surface area contributed by atoms with Crippen molar-refractivity contribution < 1.29 is 0 Å². The summed E-state index contributed by atoms with van der Waals surface area (Å²) in [5, 5.41) is 4.10. The molecule has 1 N–H and O–H groups in total. The minimum absolute atomic E-state index is 0.948. The fourth-order valence-electron chi connectivity index (χ4n) is 1.43. The second-order valence-electron chi connectivity index (χ2n) is 3.89. The van der Waals surface area contributed by atoms with Crippen LogP contribution < -0.4 is 5.32 Å². The van der Waals surface area contributed by atoms with Gasteiger partial charge < -0.3 is 5.32 Å². The maximum atomic E-state index is 4.21. The van der Waals surface area contributed by atoms with E-state index >= 15 is 0 Å². The Balaban J connectivity index is 2.62. The molecule has 0 spiro atoms. The van der Waals surface area contributed by atoms with E-state index in [1.54, 1.807) is 11.8 Å². The van der Waals surface area contributed by atoms with Crippen LogP contribution in [0, 0.1) is 13.8 Å². The molecule has 0 unspecified atom stereocenters. The first-order valence-electron chi connectivity index (χ1n) is 5.70. The molecule has 0 aliphatic carbocycles. The Morgan fingerprint density at radius 1 is 1.41 bits per heavy atom. The number of aryl methyl sites for hydroxylation is 2. The van der Waals surface area contributed by atoms with Crippen molar-refractivity contribution >= 4 is 16.9 Å². The van der Waals surface area contributed by atoms with Crippen molar-refractivity contribution in [3.05, 3.63) is 47.2 Å². The first kappa shape index (κ1) is 13.8. The Kier molecular flexibility index (Phi) is 5.84. The lowest BCUT2D eigenvalue weighted by Crippen LogP contribution is -2.13. The zero-order valence-corrected chi connectivity index (χ0v) is 11.8. The van der Waals surface area contributed by atoms with Crippen molar-refractivity contribution in [2.45, 2.75) is 26.5 Å². The molecule has 1 rings (SSSR count). The van der Waals surface area contributed by atoms with Crippen molar-refractivity contribution in [3.63, 3.8) is 0 Å².